The Balaban J connectivity index is 0.902. The second-order valence-electron chi connectivity index (χ2n) is 13.9. The van der Waals surface area contributed by atoms with Crippen molar-refractivity contribution >= 4 is 23.7 Å². The minimum absolute atomic E-state index is 0.252. The molecule has 246 valence electrons. The molecule has 4 heteroatoms. The maximum atomic E-state index is 6.63. The summed E-state index contributed by atoms with van der Waals surface area (Å²) in [6.07, 6.45) is 25.0. The van der Waals surface area contributed by atoms with Crippen molar-refractivity contribution in [2.45, 2.75) is 43.0 Å². The van der Waals surface area contributed by atoms with Crippen LogP contribution in [0.5, 0.6) is 0 Å². The van der Waals surface area contributed by atoms with Crippen molar-refractivity contribution in [3.63, 3.8) is 0 Å². The van der Waals surface area contributed by atoms with Crippen LogP contribution >= 0.6 is 11.8 Å². The number of nitrogens with two attached hydrogens (primary N) is 1. The maximum Gasteiger partial charge on any atom is 0.0599 e. The van der Waals surface area contributed by atoms with Gasteiger partial charge in [0.2, 0.25) is 0 Å². The minimum atomic E-state index is -0.252. The molecular formula is C46H41N3S. The first kappa shape index (κ1) is 31.1. The smallest absolute Gasteiger partial charge is 0.0599 e. The summed E-state index contributed by atoms with van der Waals surface area (Å²) in [7, 11) is 0. The third-order valence-electron chi connectivity index (χ3n) is 10.9. The van der Waals surface area contributed by atoms with Gasteiger partial charge in [0.1, 0.15) is 0 Å². The lowest BCUT2D eigenvalue weighted by molar-refractivity contribution is 0.469. The van der Waals surface area contributed by atoms with Crippen LogP contribution in [0.2, 0.25) is 0 Å². The Labute approximate surface area is 300 Å². The van der Waals surface area contributed by atoms with E-state index >= 15 is 0 Å². The number of anilines is 1. The standard InChI is InChI=1S/C46H41N3S/c47-41(36-14-9-13-35(29-36)34-22-20-33(21-23-34)32-11-2-1-3-12-32)26-27-48-30-31-10-8-15-37(28-31)49-42-18-6-4-17-40(42)45-43(49)25-24-39-38-16-5-7-19-44(38)50-46(39)45/h1-3,5-6,8-16,18,20-30,39,41,43,45-46H,4,7,17,19,47H2/b27-26-,48-30?. The van der Waals surface area contributed by atoms with E-state index in [4.69, 9.17) is 5.73 Å². The van der Waals surface area contributed by atoms with Gasteiger partial charge >= 0.3 is 0 Å². The molecule has 0 spiro atoms. The van der Waals surface area contributed by atoms with Gasteiger partial charge in [-0.15, -0.1) is 11.8 Å². The van der Waals surface area contributed by atoms with Crippen molar-refractivity contribution in [1.29, 1.82) is 0 Å². The zero-order valence-corrected chi connectivity index (χ0v) is 28.9. The fourth-order valence-electron chi connectivity index (χ4n) is 8.47. The average molecular weight is 668 g/mol. The normalized spacial score (nSPS) is 24.2. The molecule has 2 aliphatic heterocycles. The monoisotopic (exact) mass is 667 g/mol. The number of benzene rings is 4. The van der Waals surface area contributed by atoms with E-state index in [9.17, 15) is 0 Å². The largest absolute Gasteiger partial charge is 0.334 e. The van der Waals surface area contributed by atoms with E-state index in [1.165, 1.54) is 40.9 Å². The molecule has 50 heavy (non-hydrogen) atoms. The first-order valence-corrected chi connectivity index (χ1v) is 18.8. The van der Waals surface area contributed by atoms with Crippen LogP contribution in [-0.2, 0) is 0 Å². The van der Waals surface area contributed by atoms with Crippen LogP contribution in [0.15, 0.2) is 179 Å². The summed E-state index contributed by atoms with van der Waals surface area (Å²) >= 11 is 2.18. The van der Waals surface area contributed by atoms with E-state index in [2.05, 4.69) is 155 Å². The Bertz CT molecular complexity index is 2130. The first-order chi connectivity index (χ1) is 24.7. The lowest BCUT2D eigenvalue weighted by Gasteiger charge is -2.37. The van der Waals surface area contributed by atoms with E-state index in [0.717, 1.165) is 29.5 Å². The lowest BCUT2D eigenvalue weighted by Crippen LogP contribution is -2.41. The van der Waals surface area contributed by atoms with Gasteiger partial charge in [-0.2, -0.15) is 0 Å². The molecule has 2 N–H and O–H groups in total. The number of fused-ring (bicyclic) bond motifs is 5. The molecule has 5 aliphatic rings. The fraction of sp³-hybridized carbons (Fsp3) is 0.196. The van der Waals surface area contributed by atoms with Crippen LogP contribution < -0.4 is 10.6 Å². The zero-order valence-electron chi connectivity index (χ0n) is 28.1. The van der Waals surface area contributed by atoms with Crippen molar-refractivity contribution in [3.05, 3.63) is 185 Å². The van der Waals surface area contributed by atoms with Gasteiger partial charge in [-0.1, -0.05) is 115 Å². The number of nitrogens with zero attached hydrogens (tertiary/aromatic N) is 2. The van der Waals surface area contributed by atoms with Gasteiger partial charge in [0.05, 0.1) is 6.04 Å². The van der Waals surface area contributed by atoms with Gasteiger partial charge in [0.15, 0.2) is 0 Å². The zero-order chi connectivity index (χ0) is 33.4. The average Bonchev–Trinajstić information content (AvgIpc) is 3.73. The van der Waals surface area contributed by atoms with Crippen molar-refractivity contribution in [3.8, 4) is 22.3 Å². The maximum absolute atomic E-state index is 6.63. The molecule has 3 aliphatic carbocycles. The molecule has 4 aromatic rings. The quantitative estimate of drug-likeness (QED) is 0.158. The summed E-state index contributed by atoms with van der Waals surface area (Å²) in [5.41, 5.74) is 19.4. The van der Waals surface area contributed by atoms with Gasteiger partial charge in [-0.25, -0.2) is 0 Å². The summed E-state index contributed by atoms with van der Waals surface area (Å²) in [5.74, 6) is 1.08. The van der Waals surface area contributed by atoms with Crippen LogP contribution in [-0.4, -0.2) is 17.5 Å². The first-order valence-electron chi connectivity index (χ1n) is 18.0. The molecule has 3 nitrogen and oxygen atoms in total. The van der Waals surface area contributed by atoms with Crippen molar-refractivity contribution in [2.24, 2.45) is 22.6 Å². The Morgan fingerprint density at radius 2 is 1.52 bits per heavy atom. The van der Waals surface area contributed by atoms with Crippen molar-refractivity contribution in [1.82, 2.24) is 0 Å². The van der Waals surface area contributed by atoms with E-state index < -0.39 is 0 Å². The highest BCUT2D eigenvalue weighted by molar-refractivity contribution is 8.04. The molecule has 0 saturated carbocycles. The number of aliphatic imine (C=N–C) groups is 1. The van der Waals surface area contributed by atoms with Crippen LogP contribution in [0.3, 0.4) is 0 Å². The molecule has 0 radical (unpaired) electrons. The topological polar surface area (TPSA) is 41.6 Å². The number of hydrogen-bond acceptors (Lipinski definition) is 4. The van der Waals surface area contributed by atoms with Gasteiger partial charge in [0.25, 0.3) is 0 Å². The highest BCUT2D eigenvalue weighted by Gasteiger charge is 2.50. The Morgan fingerprint density at radius 1 is 0.760 bits per heavy atom. The van der Waals surface area contributed by atoms with E-state index in [0.29, 0.717) is 23.1 Å². The van der Waals surface area contributed by atoms with Gasteiger partial charge in [-0.3, -0.25) is 4.99 Å². The van der Waals surface area contributed by atoms with Crippen LogP contribution in [0.25, 0.3) is 22.3 Å². The second-order valence-corrected chi connectivity index (χ2v) is 15.1. The molecule has 9 rings (SSSR count). The molecule has 0 aromatic heterocycles. The summed E-state index contributed by atoms with van der Waals surface area (Å²) in [6, 6.07) is 36.6. The molecule has 2 heterocycles. The summed E-state index contributed by atoms with van der Waals surface area (Å²) in [5, 5.41) is 0.597. The van der Waals surface area contributed by atoms with E-state index in [1.807, 2.05) is 24.6 Å². The van der Waals surface area contributed by atoms with E-state index in [1.54, 1.807) is 16.1 Å². The molecule has 5 unspecified atom stereocenters. The van der Waals surface area contributed by atoms with Crippen LogP contribution in [0, 0.1) is 11.8 Å². The van der Waals surface area contributed by atoms with Gasteiger partial charge in [-0.05, 0) is 105 Å². The van der Waals surface area contributed by atoms with Crippen LogP contribution in [0.1, 0.15) is 42.9 Å². The molecule has 0 saturated heterocycles. The molecular weight excluding hydrogens is 627 g/mol. The Hall–Kier alpha value is -4.90. The number of allylic oxidation sites excluding steroid dienone is 7. The van der Waals surface area contributed by atoms with E-state index in [-0.39, 0.29) is 6.04 Å². The lowest BCUT2D eigenvalue weighted by atomic mass is 9.75. The molecule has 0 amide bonds. The predicted octanol–water partition coefficient (Wildman–Crippen LogP) is 11.0. The van der Waals surface area contributed by atoms with Crippen molar-refractivity contribution in [2.75, 3.05) is 4.90 Å². The highest BCUT2D eigenvalue weighted by atomic mass is 32.2. The summed E-state index contributed by atoms with van der Waals surface area (Å²) in [6.45, 7) is 0. The van der Waals surface area contributed by atoms with Gasteiger partial charge in [0, 0.05) is 46.9 Å². The number of thioether (sulfide) groups is 1. The molecule has 0 bridgehead atoms. The molecule has 4 aromatic carbocycles. The SMILES string of the molecule is NC(/C=C\N=Cc1cccc(N2C3=C(CCC=C3)C3C4SC5=C(C=CCC5)C4C=CC32)c1)c1cccc(-c2ccc(-c3ccccc3)cc2)c1. The van der Waals surface area contributed by atoms with Crippen LogP contribution in [0.4, 0.5) is 5.69 Å². The third kappa shape index (κ3) is 5.77. The summed E-state index contributed by atoms with van der Waals surface area (Å²) in [4.78, 5) is 8.91. The molecule has 0 fully saturated rings. The Kier molecular flexibility index (Phi) is 8.36. The Morgan fingerprint density at radius 3 is 2.40 bits per heavy atom. The number of hydrogen-bond donors (Lipinski definition) is 1. The fourth-order valence-corrected chi connectivity index (χ4v) is 10.2. The second kappa shape index (κ2) is 13.4. The third-order valence-corrected chi connectivity index (χ3v) is 12.5. The highest BCUT2D eigenvalue weighted by Crippen LogP contribution is 2.58. The summed E-state index contributed by atoms with van der Waals surface area (Å²) < 4.78 is 0. The predicted molar refractivity (Wildman–Crippen MR) is 212 cm³/mol. The van der Waals surface area contributed by atoms with Crippen molar-refractivity contribution < 1.29 is 0 Å². The van der Waals surface area contributed by atoms with Gasteiger partial charge < -0.3 is 10.6 Å². The minimum Gasteiger partial charge on any atom is -0.334 e. The molecule has 5 atom stereocenters. The number of rotatable bonds is 7.